The highest BCUT2D eigenvalue weighted by Gasteiger charge is 2.29. The summed E-state index contributed by atoms with van der Waals surface area (Å²) in [5.41, 5.74) is 1.87. The second-order valence-electron chi connectivity index (χ2n) is 7.12. The van der Waals surface area contributed by atoms with Crippen molar-refractivity contribution in [3.05, 3.63) is 59.0 Å². The van der Waals surface area contributed by atoms with Crippen molar-refractivity contribution in [3.8, 4) is 11.6 Å². The van der Waals surface area contributed by atoms with Gasteiger partial charge in [-0.05, 0) is 60.4 Å². The van der Waals surface area contributed by atoms with Crippen LogP contribution < -0.4 is 4.74 Å². The van der Waals surface area contributed by atoms with E-state index in [0.29, 0.717) is 27.6 Å². The summed E-state index contributed by atoms with van der Waals surface area (Å²) in [4.78, 5) is 15.7. The van der Waals surface area contributed by atoms with Crippen LogP contribution in [0.5, 0.6) is 11.6 Å². The SMILES string of the molecule is Cc1c(CC(=O)O)cc2ccc(F)cc2c1Oc1ncc(S(=O)O)cc1C1CC1. The summed E-state index contributed by atoms with van der Waals surface area (Å²) in [5.74, 6) is -0.610. The summed E-state index contributed by atoms with van der Waals surface area (Å²) in [7, 11) is 0. The summed E-state index contributed by atoms with van der Waals surface area (Å²) < 4.78 is 40.8. The Balaban J connectivity index is 1.87. The van der Waals surface area contributed by atoms with Gasteiger partial charge in [0, 0.05) is 17.1 Å². The third-order valence-corrected chi connectivity index (χ3v) is 5.65. The van der Waals surface area contributed by atoms with Crippen LogP contribution in [0.15, 0.2) is 41.4 Å². The van der Waals surface area contributed by atoms with Gasteiger partial charge in [0.25, 0.3) is 0 Å². The molecule has 1 heterocycles. The van der Waals surface area contributed by atoms with E-state index in [1.807, 2.05) is 0 Å². The summed E-state index contributed by atoms with van der Waals surface area (Å²) in [6.45, 7) is 1.73. The molecule has 0 radical (unpaired) electrons. The van der Waals surface area contributed by atoms with Crippen molar-refractivity contribution < 1.29 is 27.8 Å². The molecule has 1 atom stereocenters. The van der Waals surface area contributed by atoms with Crippen LogP contribution >= 0.6 is 0 Å². The summed E-state index contributed by atoms with van der Waals surface area (Å²) in [6.07, 6.45) is 2.93. The number of carbonyl (C=O) groups is 1. The summed E-state index contributed by atoms with van der Waals surface area (Å²) >= 11 is -2.16. The maximum absolute atomic E-state index is 13.9. The molecule has 1 aromatic heterocycles. The normalized spacial score (nSPS) is 14.7. The lowest BCUT2D eigenvalue weighted by atomic mass is 9.98. The average molecular weight is 415 g/mol. The van der Waals surface area contributed by atoms with Gasteiger partial charge in [0.15, 0.2) is 11.1 Å². The van der Waals surface area contributed by atoms with Gasteiger partial charge in [-0.1, -0.05) is 12.1 Å². The van der Waals surface area contributed by atoms with Crippen molar-refractivity contribution in [1.82, 2.24) is 4.98 Å². The number of hydrogen-bond donors (Lipinski definition) is 2. The summed E-state index contributed by atoms with van der Waals surface area (Å²) in [5, 5.41) is 10.4. The lowest BCUT2D eigenvalue weighted by molar-refractivity contribution is -0.136. The predicted octanol–water partition coefficient (Wildman–Crippen LogP) is 4.56. The molecule has 0 amide bonds. The Morgan fingerprint density at radius 3 is 2.72 bits per heavy atom. The largest absolute Gasteiger partial charge is 0.481 e. The van der Waals surface area contributed by atoms with Crippen LogP contribution in [0.3, 0.4) is 0 Å². The second kappa shape index (κ2) is 7.53. The number of aliphatic carboxylic acids is 1. The predicted molar refractivity (Wildman–Crippen MR) is 105 cm³/mol. The quantitative estimate of drug-likeness (QED) is 0.573. The lowest BCUT2D eigenvalue weighted by Gasteiger charge is -2.17. The highest BCUT2D eigenvalue weighted by atomic mass is 32.2. The molecule has 4 rings (SSSR count). The number of carboxylic acids is 1. The van der Waals surface area contributed by atoms with Gasteiger partial charge in [0.1, 0.15) is 11.6 Å². The minimum absolute atomic E-state index is 0.187. The minimum atomic E-state index is -2.16. The zero-order valence-corrected chi connectivity index (χ0v) is 16.3. The number of hydrogen-bond acceptors (Lipinski definition) is 4. The molecule has 2 N–H and O–H groups in total. The van der Waals surface area contributed by atoms with Crippen molar-refractivity contribution in [2.75, 3.05) is 0 Å². The maximum Gasteiger partial charge on any atom is 0.307 e. The van der Waals surface area contributed by atoms with Gasteiger partial charge in [0.05, 0.1) is 11.3 Å². The summed E-state index contributed by atoms with van der Waals surface area (Å²) in [6, 6.07) is 7.56. The van der Waals surface area contributed by atoms with E-state index in [4.69, 9.17) is 4.74 Å². The molecule has 1 unspecified atom stereocenters. The number of fused-ring (bicyclic) bond motifs is 1. The molecule has 2 aromatic carbocycles. The van der Waals surface area contributed by atoms with Crippen molar-refractivity contribution in [3.63, 3.8) is 0 Å². The van der Waals surface area contributed by atoms with Gasteiger partial charge < -0.3 is 14.4 Å². The molecular formula is C21H18FNO5S. The number of benzene rings is 2. The van der Waals surface area contributed by atoms with Crippen molar-refractivity contribution >= 4 is 27.8 Å². The van der Waals surface area contributed by atoms with E-state index in [1.165, 1.54) is 18.3 Å². The second-order valence-corrected chi connectivity index (χ2v) is 8.09. The Kier molecular flexibility index (Phi) is 5.06. The first-order chi connectivity index (χ1) is 13.8. The van der Waals surface area contributed by atoms with Gasteiger partial charge in [0.2, 0.25) is 5.88 Å². The number of rotatable bonds is 6. The first kappa shape index (κ1) is 19.5. The van der Waals surface area contributed by atoms with Crippen LogP contribution in [0, 0.1) is 12.7 Å². The smallest absolute Gasteiger partial charge is 0.307 e. The number of aromatic nitrogens is 1. The Hall–Kier alpha value is -2.84. The third kappa shape index (κ3) is 3.99. The van der Waals surface area contributed by atoms with Crippen molar-refractivity contribution in [2.24, 2.45) is 0 Å². The Labute approximate surface area is 168 Å². The number of pyridine rings is 1. The van der Waals surface area contributed by atoms with E-state index >= 15 is 0 Å². The van der Waals surface area contributed by atoms with Gasteiger partial charge in [-0.2, -0.15) is 0 Å². The highest BCUT2D eigenvalue weighted by molar-refractivity contribution is 7.79. The molecular weight excluding hydrogens is 397 g/mol. The fraction of sp³-hybridized carbons (Fsp3) is 0.238. The van der Waals surface area contributed by atoms with Gasteiger partial charge in [-0.3, -0.25) is 4.79 Å². The molecule has 0 aliphatic heterocycles. The molecule has 1 fully saturated rings. The van der Waals surface area contributed by atoms with E-state index in [-0.39, 0.29) is 23.1 Å². The number of nitrogens with zero attached hydrogens (tertiary/aromatic N) is 1. The molecule has 0 saturated heterocycles. The fourth-order valence-corrected chi connectivity index (χ4v) is 3.76. The minimum Gasteiger partial charge on any atom is -0.481 e. The van der Waals surface area contributed by atoms with Crippen LogP contribution in [0.25, 0.3) is 10.8 Å². The lowest BCUT2D eigenvalue weighted by Crippen LogP contribution is -2.05. The molecule has 29 heavy (non-hydrogen) atoms. The van der Waals surface area contributed by atoms with Crippen LogP contribution in [0.4, 0.5) is 4.39 Å². The van der Waals surface area contributed by atoms with Crippen molar-refractivity contribution in [2.45, 2.75) is 37.0 Å². The van der Waals surface area contributed by atoms with Crippen LogP contribution in [-0.2, 0) is 22.3 Å². The Bertz CT molecular complexity index is 1160. The molecule has 8 heteroatoms. The van der Waals surface area contributed by atoms with Crippen LogP contribution in [-0.4, -0.2) is 24.8 Å². The van der Waals surface area contributed by atoms with E-state index in [1.54, 1.807) is 25.1 Å². The van der Waals surface area contributed by atoms with E-state index in [0.717, 1.165) is 18.4 Å². The third-order valence-electron chi connectivity index (χ3n) is 5.02. The Morgan fingerprint density at radius 1 is 1.31 bits per heavy atom. The maximum atomic E-state index is 13.9. The Morgan fingerprint density at radius 2 is 2.07 bits per heavy atom. The van der Waals surface area contributed by atoms with Gasteiger partial charge >= 0.3 is 5.97 Å². The molecule has 1 aliphatic rings. The van der Waals surface area contributed by atoms with E-state index < -0.39 is 22.9 Å². The molecule has 0 bridgehead atoms. The van der Waals surface area contributed by atoms with Crippen LogP contribution in [0.1, 0.15) is 35.4 Å². The number of ether oxygens (including phenoxy) is 1. The highest BCUT2D eigenvalue weighted by Crippen LogP contribution is 2.46. The van der Waals surface area contributed by atoms with Crippen molar-refractivity contribution in [1.29, 1.82) is 0 Å². The standard InChI is InChI=1S/C21H18FNO5S/c1-11-14(7-19(24)25)6-13-4-5-15(22)8-17(13)20(11)28-21-18(12-2-3-12)9-16(10-23-21)29(26)27/h4-6,8-10,12H,2-3,7H2,1H3,(H,24,25)(H,26,27). The van der Waals surface area contributed by atoms with Gasteiger partial charge in [-0.25, -0.2) is 13.6 Å². The number of halogens is 1. The van der Waals surface area contributed by atoms with Gasteiger partial charge in [-0.15, -0.1) is 0 Å². The zero-order valence-electron chi connectivity index (χ0n) is 15.5. The van der Waals surface area contributed by atoms with Crippen LogP contribution in [0.2, 0.25) is 0 Å². The topological polar surface area (TPSA) is 96.7 Å². The average Bonchev–Trinajstić information content (AvgIpc) is 3.50. The molecule has 0 spiro atoms. The molecule has 150 valence electrons. The molecule has 6 nitrogen and oxygen atoms in total. The molecule has 1 saturated carbocycles. The van der Waals surface area contributed by atoms with E-state index in [9.17, 15) is 23.1 Å². The molecule has 1 aliphatic carbocycles. The fourth-order valence-electron chi connectivity index (χ4n) is 3.39. The first-order valence-electron chi connectivity index (χ1n) is 9.05. The zero-order chi connectivity index (χ0) is 20.7. The number of carboxylic acid groups (broad SMARTS) is 1. The monoisotopic (exact) mass is 415 g/mol. The van der Waals surface area contributed by atoms with E-state index in [2.05, 4.69) is 4.98 Å². The first-order valence-corrected chi connectivity index (χ1v) is 10.2. The molecule has 3 aromatic rings.